The summed E-state index contributed by atoms with van der Waals surface area (Å²) in [5, 5.41) is 0. The highest BCUT2D eigenvalue weighted by molar-refractivity contribution is 5.79. The number of para-hydroxylation sites is 2. The highest BCUT2D eigenvalue weighted by atomic mass is 16.6. The molecule has 174 valence electrons. The zero-order chi connectivity index (χ0) is 24.3. The molecule has 0 amide bonds. The van der Waals surface area contributed by atoms with Crippen molar-refractivity contribution in [2.45, 2.75) is 74.0 Å². The molecular formula is C27H38N2O3. The molecule has 0 bridgehead atoms. The van der Waals surface area contributed by atoms with Gasteiger partial charge in [-0.25, -0.2) is 9.97 Å². The Morgan fingerprint density at radius 2 is 1.31 bits per heavy atom. The molecule has 0 aliphatic rings. The smallest absolute Gasteiger partial charge is 0.308 e. The number of hydrogen-bond acceptors (Lipinski definition) is 5. The van der Waals surface area contributed by atoms with Gasteiger partial charge in [-0.2, -0.15) is 0 Å². The molecule has 1 heterocycles. The Balaban J connectivity index is 0.000000364. The van der Waals surface area contributed by atoms with Crippen molar-refractivity contribution in [2.75, 3.05) is 0 Å². The molecule has 0 aliphatic heterocycles. The molecule has 0 fully saturated rings. The van der Waals surface area contributed by atoms with Crippen LogP contribution in [0.1, 0.15) is 62.3 Å². The molecule has 3 rings (SSSR count). The third kappa shape index (κ3) is 9.04. The Kier molecular flexibility index (Phi) is 10.8. The van der Waals surface area contributed by atoms with Crippen LogP contribution in [-0.4, -0.2) is 27.6 Å². The summed E-state index contributed by atoms with van der Waals surface area (Å²) in [5.74, 6) is 0.427. The minimum atomic E-state index is -0.346. The van der Waals surface area contributed by atoms with Gasteiger partial charge in [0, 0.05) is 5.56 Å². The van der Waals surface area contributed by atoms with Gasteiger partial charge in [0.15, 0.2) is 0 Å². The molecule has 2 aromatic carbocycles. The van der Waals surface area contributed by atoms with Gasteiger partial charge in [-0.3, -0.25) is 4.79 Å². The first-order valence-corrected chi connectivity index (χ1v) is 11.3. The minimum Gasteiger partial charge on any atom is -0.473 e. The van der Waals surface area contributed by atoms with Crippen molar-refractivity contribution in [3.8, 4) is 17.1 Å². The maximum atomic E-state index is 10.9. The van der Waals surface area contributed by atoms with E-state index in [1.165, 1.54) is 0 Å². The van der Waals surface area contributed by atoms with Crippen LogP contribution in [0.3, 0.4) is 0 Å². The fourth-order valence-corrected chi connectivity index (χ4v) is 2.49. The second kappa shape index (κ2) is 12.8. The van der Waals surface area contributed by atoms with Gasteiger partial charge in [0.2, 0.25) is 5.88 Å². The number of carbonyl (C=O) groups excluding carboxylic acids is 1. The number of ether oxygens (including phenoxy) is 2. The molecule has 0 aliphatic carbocycles. The van der Waals surface area contributed by atoms with Gasteiger partial charge in [0.05, 0.1) is 23.1 Å². The van der Waals surface area contributed by atoms with E-state index in [0.29, 0.717) is 5.88 Å². The van der Waals surface area contributed by atoms with E-state index in [1.54, 1.807) is 0 Å². The van der Waals surface area contributed by atoms with Gasteiger partial charge in [-0.15, -0.1) is 0 Å². The van der Waals surface area contributed by atoms with Crippen molar-refractivity contribution in [3.63, 3.8) is 0 Å². The van der Waals surface area contributed by atoms with Gasteiger partial charge in [-0.1, -0.05) is 70.2 Å². The summed E-state index contributed by atoms with van der Waals surface area (Å²) in [7, 11) is 0. The van der Waals surface area contributed by atoms with E-state index in [9.17, 15) is 4.79 Å². The van der Waals surface area contributed by atoms with Gasteiger partial charge in [0.25, 0.3) is 0 Å². The van der Waals surface area contributed by atoms with Crippen LogP contribution in [0.2, 0.25) is 0 Å². The van der Waals surface area contributed by atoms with Crippen LogP contribution in [0.4, 0.5) is 0 Å². The Labute approximate surface area is 193 Å². The summed E-state index contributed by atoms with van der Waals surface area (Å²) in [4.78, 5) is 20.3. The molecular weight excluding hydrogens is 400 g/mol. The summed E-state index contributed by atoms with van der Waals surface area (Å²) in [5.41, 5.74) is 3.19. The Morgan fingerprint density at radius 1 is 0.812 bits per heavy atom. The van der Waals surface area contributed by atoms with Gasteiger partial charge >= 0.3 is 5.97 Å². The van der Waals surface area contributed by atoms with E-state index >= 15 is 0 Å². The summed E-state index contributed by atoms with van der Waals surface area (Å²) in [6.07, 6.45) is 0.0629. The van der Waals surface area contributed by atoms with Gasteiger partial charge < -0.3 is 9.47 Å². The van der Waals surface area contributed by atoms with Crippen LogP contribution >= 0.6 is 0 Å². The molecule has 5 nitrogen and oxygen atoms in total. The summed E-state index contributed by atoms with van der Waals surface area (Å²) >= 11 is 0. The SMILES string of the molecule is CC.CC(C)C(=O)OC(C)(C)C.CC(C)Oc1nc2ccccc2nc1-c1ccccc1. The number of rotatable bonds is 4. The number of benzene rings is 2. The topological polar surface area (TPSA) is 61.3 Å². The number of carbonyl (C=O) groups is 1. The lowest BCUT2D eigenvalue weighted by molar-refractivity contribution is -0.158. The lowest BCUT2D eigenvalue weighted by Crippen LogP contribution is -2.26. The van der Waals surface area contributed by atoms with E-state index in [4.69, 9.17) is 14.5 Å². The standard InChI is InChI=1S/C17H16N2O.C8H16O2.C2H6/c1-12(2)20-17-16(13-8-4-3-5-9-13)18-14-10-6-7-11-15(14)19-17;1-6(2)7(9)10-8(3,4)5;1-2/h3-12H,1-2H3;6H,1-5H3;1-2H3. The molecule has 5 heteroatoms. The highest BCUT2D eigenvalue weighted by Crippen LogP contribution is 2.29. The fourth-order valence-electron chi connectivity index (χ4n) is 2.49. The molecule has 0 saturated heterocycles. The van der Waals surface area contributed by atoms with Crippen LogP contribution < -0.4 is 4.74 Å². The number of hydrogen-bond donors (Lipinski definition) is 0. The fraction of sp³-hybridized carbons (Fsp3) is 0.444. The van der Waals surface area contributed by atoms with Crippen LogP contribution in [0.15, 0.2) is 54.6 Å². The van der Waals surface area contributed by atoms with E-state index in [2.05, 4.69) is 4.98 Å². The molecule has 0 unspecified atom stereocenters. The summed E-state index contributed by atoms with van der Waals surface area (Å²) in [6.45, 7) is 17.2. The summed E-state index contributed by atoms with van der Waals surface area (Å²) < 4.78 is 10.9. The van der Waals surface area contributed by atoms with Crippen molar-refractivity contribution in [3.05, 3.63) is 54.6 Å². The van der Waals surface area contributed by atoms with Gasteiger partial charge in [-0.05, 0) is 46.8 Å². The van der Waals surface area contributed by atoms with Crippen molar-refractivity contribution >= 4 is 17.0 Å². The van der Waals surface area contributed by atoms with Gasteiger partial charge in [0.1, 0.15) is 11.3 Å². The van der Waals surface area contributed by atoms with Crippen LogP contribution in [0, 0.1) is 5.92 Å². The second-order valence-electron chi connectivity index (χ2n) is 8.59. The third-order valence-electron chi connectivity index (χ3n) is 3.81. The van der Waals surface area contributed by atoms with Crippen molar-refractivity contribution in [2.24, 2.45) is 5.92 Å². The predicted molar refractivity (Wildman–Crippen MR) is 133 cm³/mol. The van der Waals surface area contributed by atoms with Crippen molar-refractivity contribution < 1.29 is 14.3 Å². The molecule has 3 aromatic rings. The summed E-state index contributed by atoms with van der Waals surface area (Å²) in [6, 6.07) is 17.8. The first-order chi connectivity index (χ1) is 15.1. The lowest BCUT2D eigenvalue weighted by atomic mass is 10.1. The van der Waals surface area contributed by atoms with Crippen LogP contribution in [0.25, 0.3) is 22.3 Å². The zero-order valence-electron chi connectivity index (χ0n) is 21.0. The largest absolute Gasteiger partial charge is 0.473 e. The Bertz CT molecular complexity index is 962. The van der Waals surface area contributed by atoms with E-state index < -0.39 is 0 Å². The molecule has 0 atom stereocenters. The third-order valence-corrected chi connectivity index (χ3v) is 3.81. The Hall–Kier alpha value is -2.95. The first-order valence-electron chi connectivity index (χ1n) is 11.3. The minimum absolute atomic E-state index is 0.0285. The van der Waals surface area contributed by atoms with E-state index in [0.717, 1.165) is 22.3 Å². The maximum Gasteiger partial charge on any atom is 0.308 e. The van der Waals surface area contributed by atoms with E-state index in [-0.39, 0.29) is 23.6 Å². The number of fused-ring (bicyclic) bond motifs is 1. The second-order valence-corrected chi connectivity index (χ2v) is 8.59. The maximum absolute atomic E-state index is 10.9. The van der Waals surface area contributed by atoms with Crippen molar-refractivity contribution in [1.29, 1.82) is 0 Å². The van der Waals surface area contributed by atoms with E-state index in [1.807, 2.05) is 117 Å². The molecule has 0 spiro atoms. The van der Waals surface area contributed by atoms with Crippen LogP contribution in [-0.2, 0) is 9.53 Å². The average Bonchev–Trinajstić information content (AvgIpc) is 2.74. The molecule has 1 aromatic heterocycles. The van der Waals surface area contributed by atoms with Crippen molar-refractivity contribution in [1.82, 2.24) is 9.97 Å². The molecule has 0 radical (unpaired) electrons. The molecule has 0 saturated carbocycles. The molecule has 32 heavy (non-hydrogen) atoms. The lowest BCUT2D eigenvalue weighted by Gasteiger charge is -2.20. The van der Waals surface area contributed by atoms with Crippen LogP contribution in [0.5, 0.6) is 5.88 Å². The zero-order valence-corrected chi connectivity index (χ0v) is 21.0. The highest BCUT2D eigenvalue weighted by Gasteiger charge is 2.18. The number of esters is 1. The quantitative estimate of drug-likeness (QED) is 0.407. The first kappa shape index (κ1) is 27.1. The predicted octanol–water partition coefficient (Wildman–Crippen LogP) is 7.09. The Morgan fingerprint density at radius 3 is 1.75 bits per heavy atom. The number of aromatic nitrogens is 2. The number of nitrogens with zero attached hydrogens (tertiary/aromatic N) is 2. The molecule has 0 N–H and O–H groups in total. The average molecular weight is 439 g/mol. The monoisotopic (exact) mass is 438 g/mol. The normalized spacial score (nSPS) is 10.7.